The minimum atomic E-state index is -0.453. The van der Waals surface area contributed by atoms with E-state index in [2.05, 4.69) is 21.4 Å². The number of nitriles is 1. The molecular formula is C17H19N5O2S2. The smallest absolute Gasteiger partial charge is 0.253 e. The first-order chi connectivity index (χ1) is 12.5. The van der Waals surface area contributed by atoms with Gasteiger partial charge in [0.2, 0.25) is 5.91 Å². The number of thioether (sulfide) groups is 1. The molecule has 0 spiro atoms. The fraction of sp³-hybridized carbons (Fsp3) is 0.412. The number of aromatic amines is 1. The number of carbonyl (C=O) groups is 1. The van der Waals surface area contributed by atoms with E-state index in [1.807, 2.05) is 6.92 Å². The van der Waals surface area contributed by atoms with Gasteiger partial charge in [-0.25, -0.2) is 4.98 Å². The van der Waals surface area contributed by atoms with Gasteiger partial charge in [0.25, 0.3) is 5.56 Å². The Balaban J connectivity index is 1.79. The van der Waals surface area contributed by atoms with E-state index in [1.165, 1.54) is 22.3 Å². The van der Waals surface area contributed by atoms with Crippen molar-refractivity contribution in [3.05, 3.63) is 32.4 Å². The van der Waals surface area contributed by atoms with Crippen LogP contribution in [0.2, 0.25) is 0 Å². The highest BCUT2D eigenvalue weighted by Crippen LogP contribution is 2.38. The number of hydrogen-bond donors (Lipinski definition) is 3. The molecule has 1 atom stereocenters. The van der Waals surface area contributed by atoms with Gasteiger partial charge in [-0.3, -0.25) is 9.59 Å². The van der Waals surface area contributed by atoms with Crippen molar-refractivity contribution in [2.75, 3.05) is 11.1 Å². The maximum atomic E-state index is 12.7. The summed E-state index contributed by atoms with van der Waals surface area (Å²) in [4.78, 5) is 32.1. The predicted octanol–water partition coefficient (Wildman–Crippen LogP) is 2.67. The van der Waals surface area contributed by atoms with Crippen LogP contribution in [0.4, 0.5) is 10.8 Å². The first-order valence-corrected chi connectivity index (χ1v) is 10.1. The van der Waals surface area contributed by atoms with Gasteiger partial charge in [-0.2, -0.15) is 5.26 Å². The van der Waals surface area contributed by atoms with Crippen molar-refractivity contribution in [1.82, 2.24) is 9.97 Å². The number of rotatable bonds is 5. The summed E-state index contributed by atoms with van der Waals surface area (Å²) in [6.07, 6.45) is 4.60. The highest BCUT2D eigenvalue weighted by Gasteiger charge is 2.25. The molecule has 1 amide bonds. The second-order valence-electron chi connectivity index (χ2n) is 6.01. The number of H-pyrrole nitrogens is 1. The van der Waals surface area contributed by atoms with E-state index in [0.717, 1.165) is 43.0 Å². The highest BCUT2D eigenvalue weighted by atomic mass is 32.2. The molecule has 0 saturated heterocycles. The normalized spacial score (nSPS) is 14.3. The van der Waals surface area contributed by atoms with Crippen LogP contribution in [-0.4, -0.2) is 21.1 Å². The Bertz CT molecular complexity index is 928. The molecule has 1 unspecified atom stereocenters. The van der Waals surface area contributed by atoms with Gasteiger partial charge in [-0.05, 0) is 37.7 Å². The number of carbonyl (C=O) groups excluding carboxylic acids is 1. The van der Waals surface area contributed by atoms with Crippen LogP contribution in [0.15, 0.2) is 16.0 Å². The van der Waals surface area contributed by atoms with E-state index in [1.54, 1.807) is 0 Å². The van der Waals surface area contributed by atoms with E-state index in [9.17, 15) is 14.9 Å². The molecule has 9 heteroatoms. The Morgan fingerprint density at radius 2 is 2.31 bits per heavy atom. The van der Waals surface area contributed by atoms with Crippen molar-refractivity contribution in [1.29, 1.82) is 5.26 Å². The molecule has 0 aliphatic heterocycles. The number of aryl methyl sites for hydroxylation is 1. The zero-order valence-corrected chi connectivity index (χ0v) is 15.9. The average Bonchev–Trinajstić information content (AvgIpc) is 2.95. The van der Waals surface area contributed by atoms with Crippen LogP contribution in [0, 0.1) is 11.3 Å². The Labute approximate surface area is 159 Å². The first kappa shape index (κ1) is 18.5. The van der Waals surface area contributed by atoms with Crippen LogP contribution < -0.4 is 16.6 Å². The molecule has 1 aliphatic rings. The maximum absolute atomic E-state index is 12.7. The fourth-order valence-corrected chi connectivity index (χ4v) is 5.09. The molecule has 4 N–H and O–H groups in total. The summed E-state index contributed by atoms with van der Waals surface area (Å²) < 4.78 is 0. The van der Waals surface area contributed by atoms with Gasteiger partial charge in [0, 0.05) is 10.9 Å². The summed E-state index contributed by atoms with van der Waals surface area (Å²) in [6.45, 7) is 1.88. The molecule has 2 aromatic heterocycles. The third kappa shape index (κ3) is 3.92. The standard InChI is InChI=1S/C17H19N5O2S2/c1-2-11(26-17-20-13(19)7-14(23)21-17)15(24)22-16-10(8-18)9-5-3-4-6-12(9)25-16/h7,11H,2-6H2,1H3,(H,22,24)(H3,19,20,21,23). The van der Waals surface area contributed by atoms with Gasteiger partial charge < -0.3 is 16.0 Å². The number of nitrogens with one attached hydrogen (secondary N) is 2. The molecule has 2 aromatic rings. The summed E-state index contributed by atoms with van der Waals surface area (Å²) in [5.41, 5.74) is 6.91. The number of nitrogens with two attached hydrogens (primary N) is 1. The SMILES string of the molecule is CCC(Sc1nc(N)cc(=O)[nH]1)C(=O)Nc1sc2c(c1C#N)CCCC2. The van der Waals surface area contributed by atoms with E-state index in [4.69, 9.17) is 5.73 Å². The zero-order valence-electron chi connectivity index (χ0n) is 14.3. The number of anilines is 2. The highest BCUT2D eigenvalue weighted by molar-refractivity contribution is 8.00. The molecule has 26 heavy (non-hydrogen) atoms. The fourth-order valence-electron chi connectivity index (χ4n) is 2.93. The van der Waals surface area contributed by atoms with Crippen molar-refractivity contribution in [3.63, 3.8) is 0 Å². The summed E-state index contributed by atoms with van der Waals surface area (Å²) in [6, 6.07) is 3.44. The van der Waals surface area contributed by atoms with Crippen LogP contribution in [0.3, 0.4) is 0 Å². The lowest BCUT2D eigenvalue weighted by Gasteiger charge is -2.13. The number of nitrogens with zero attached hydrogens (tertiary/aromatic N) is 2. The zero-order chi connectivity index (χ0) is 18.7. The number of thiophene rings is 1. The number of nitrogen functional groups attached to an aromatic ring is 1. The molecular weight excluding hydrogens is 370 g/mol. The van der Waals surface area contributed by atoms with Gasteiger partial charge in [-0.15, -0.1) is 11.3 Å². The second kappa shape index (κ2) is 7.93. The third-order valence-electron chi connectivity index (χ3n) is 4.18. The van der Waals surface area contributed by atoms with Crippen molar-refractivity contribution in [2.45, 2.75) is 49.4 Å². The van der Waals surface area contributed by atoms with Gasteiger partial charge in [0.1, 0.15) is 16.9 Å². The van der Waals surface area contributed by atoms with Crippen LogP contribution in [0.5, 0.6) is 0 Å². The molecule has 7 nitrogen and oxygen atoms in total. The Morgan fingerprint density at radius 3 is 3.00 bits per heavy atom. The number of aromatic nitrogens is 2. The van der Waals surface area contributed by atoms with Crippen LogP contribution in [0.25, 0.3) is 0 Å². The van der Waals surface area contributed by atoms with Gasteiger partial charge >= 0.3 is 0 Å². The van der Waals surface area contributed by atoms with E-state index in [-0.39, 0.29) is 17.3 Å². The monoisotopic (exact) mass is 389 g/mol. The predicted molar refractivity (Wildman–Crippen MR) is 104 cm³/mol. The van der Waals surface area contributed by atoms with Crippen molar-refractivity contribution < 1.29 is 4.79 Å². The molecule has 3 rings (SSSR count). The van der Waals surface area contributed by atoms with Crippen molar-refractivity contribution in [3.8, 4) is 6.07 Å². The lowest BCUT2D eigenvalue weighted by atomic mass is 9.96. The summed E-state index contributed by atoms with van der Waals surface area (Å²) >= 11 is 2.65. The van der Waals surface area contributed by atoms with Crippen LogP contribution in [0.1, 0.15) is 42.2 Å². The Kier molecular flexibility index (Phi) is 5.64. The quantitative estimate of drug-likeness (QED) is 0.533. The van der Waals surface area contributed by atoms with Gasteiger partial charge in [0.05, 0.1) is 10.8 Å². The van der Waals surface area contributed by atoms with Crippen LogP contribution >= 0.6 is 23.1 Å². The summed E-state index contributed by atoms with van der Waals surface area (Å²) in [5, 5.41) is 12.9. The summed E-state index contributed by atoms with van der Waals surface area (Å²) in [7, 11) is 0. The maximum Gasteiger partial charge on any atom is 0.253 e. The van der Waals surface area contributed by atoms with Crippen molar-refractivity contribution in [2.24, 2.45) is 0 Å². The Morgan fingerprint density at radius 1 is 1.54 bits per heavy atom. The lowest BCUT2D eigenvalue weighted by molar-refractivity contribution is -0.115. The molecule has 0 saturated carbocycles. The minimum absolute atomic E-state index is 0.115. The third-order valence-corrected chi connectivity index (χ3v) is 6.63. The van der Waals surface area contributed by atoms with E-state index in [0.29, 0.717) is 22.1 Å². The number of fused-ring (bicyclic) bond motifs is 1. The molecule has 2 heterocycles. The molecule has 0 radical (unpaired) electrons. The molecule has 0 fully saturated rings. The summed E-state index contributed by atoms with van der Waals surface area (Å²) in [5.74, 6) is -0.0955. The van der Waals surface area contributed by atoms with Crippen LogP contribution in [-0.2, 0) is 17.6 Å². The largest absolute Gasteiger partial charge is 0.383 e. The van der Waals surface area contributed by atoms with E-state index < -0.39 is 5.25 Å². The Hall–Kier alpha value is -2.31. The van der Waals surface area contributed by atoms with Gasteiger partial charge in [-0.1, -0.05) is 18.7 Å². The first-order valence-electron chi connectivity index (χ1n) is 8.40. The molecule has 0 bridgehead atoms. The number of hydrogen-bond acceptors (Lipinski definition) is 7. The van der Waals surface area contributed by atoms with E-state index >= 15 is 0 Å². The molecule has 1 aliphatic carbocycles. The van der Waals surface area contributed by atoms with Gasteiger partial charge in [0.15, 0.2) is 5.16 Å². The number of amides is 1. The molecule has 0 aromatic carbocycles. The molecule has 136 valence electrons. The lowest BCUT2D eigenvalue weighted by Crippen LogP contribution is -2.25. The minimum Gasteiger partial charge on any atom is -0.383 e. The second-order valence-corrected chi connectivity index (χ2v) is 8.30. The topological polar surface area (TPSA) is 125 Å². The van der Waals surface area contributed by atoms with Crippen molar-refractivity contribution >= 4 is 39.8 Å². The average molecular weight is 390 g/mol.